The number of carbonyl (C=O) groups excluding carboxylic acids is 1. The van der Waals surface area contributed by atoms with Crippen molar-refractivity contribution in [1.82, 2.24) is 4.90 Å². The molecule has 0 radical (unpaired) electrons. The molecule has 1 unspecified atom stereocenters. The first-order valence-corrected chi connectivity index (χ1v) is 8.35. The molecule has 0 fully saturated rings. The van der Waals surface area contributed by atoms with Crippen molar-refractivity contribution in [3.8, 4) is 5.75 Å². The van der Waals surface area contributed by atoms with Crippen molar-refractivity contribution >= 4 is 17.4 Å². The fourth-order valence-electron chi connectivity index (χ4n) is 2.94. The van der Waals surface area contributed by atoms with E-state index in [4.69, 9.17) is 4.74 Å². The standard InChI is InChI=1S/C19H22FN3O2/c1-3-23-13-14(25-18-11-7-6-10-17(18)23)12-22(2)19(24)21-16-9-5-4-8-15(16)20/h4-11,14H,3,12-13H2,1-2H3,(H,21,24). The molecule has 2 aromatic rings. The van der Waals surface area contributed by atoms with Crippen LogP contribution in [0, 0.1) is 5.82 Å². The van der Waals surface area contributed by atoms with Crippen molar-refractivity contribution in [3.05, 3.63) is 54.3 Å². The number of nitrogens with zero attached hydrogens (tertiary/aromatic N) is 2. The first-order chi connectivity index (χ1) is 12.1. The Balaban J connectivity index is 1.64. The highest BCUT2D eigenvalue weighted by atomic mass is 19.1. The summed E-state index contributed by atoms with van der Waals surface area (Å²) >= 11 is 0. The summed E-state index contributed by atoms with van der Waals surface area (Å²) < 4.78 is 19.7. The topological polar surface area (TPSA) is 44.8 Å². The number of halogens is 1. The molecule has 1 aliphatic heterocycles. The highest BCUT2D eigenvalue weighted by Gasteiger charge is 2.26. The van der Waals surface area contributed by atoms with Crippen LogP contribution in [0.3, 0.4) is 0 Å². The second kappa shape index (κ2) is 7.42. The first-order valence-electron chi connectivity index (χ1n) is 8.35. The van der Waals surface area contributed by atoms with Gasteiger partial charge in [0.05, 0.1) is 24.5 Å². The number of amides is 2. The number of benzene rings is 2. The van der Waals surface area contributed by atoms with Crippen LogP contribution in [0.15, 0.2) is 48.5 Å². The third-order valence-corrected chi connectivity index (χ3v) is 4.24. The van der Waals surface area contributed by atoms with E-state index in [1.807, 2.05) is 24.3 Å². The van der Waals surface area contributed by atoms with Gasteiger partial charge in [-0.05, 0) is 31.2 Å². The average Bonchev–Trinajstić information content (AvgIpc) is 2.62. The van der Waals surface area contributed by atoms with E-state index in [1.54, 1.807) is 19.2 Å². The molecule has 132 valence electrons. The number of likely N-dealkylation sites (N-methyl/N-ethyl adjacent to an activating group) is 2. The van der Waals surface area contributed by atoms with Gasteiger partial charge < -0.3 is 19.9 Å². The Morgan fingerprint density at radius 1 is 1.28 bits per heavy atom. The lowest BCUT2D eigenvalue weighted by molar-refractivity contribution is 0.150. The van der Waals surface area contributed by atoms with Crippen LogP contribution >= 0.6 is 0 Å². The molecule has 0 saturated heterocycles. The number of hydrogen-bond acceptors (Lipinski definition) is 3. The van der Waals surface area contributed by atoms with Crippen LogP contribution in [-0.2, 0) is 0 Å². The molecular formula is C19H22FN3O2. The number of rotatable bonds is 4. The summed E-state index contributed by atoms with van der Waals surface area (Å²) in [5.41, 5.74) is 1.24. The maximum Gasteiger partial charge on any atom is 0.321 e. The summed E-state index contributed by atoms with van der Waals surface area (Å²) in [5.74, 6) is 0.368. The number of anilines is 2. The molecule has 1 N–H and O–H groups in total. The zero-order chi connectivity index (χ0) is 17.8. The normalized spacial score (nSPS) is 16.0. The molecule has 6 heteroatoms. The fourth-order valence-corrected chi connectivity index (χ4v) is 2.94. The summed E-state index contributed by atoms with van der Waals surface area (Å²) in [7, 11) is 1.68. The average molecular weight is 343 g/mol. The van der Waals surface area contributed by atoms with Gasteiger partial charge >= 0.3 is 6.03 Å². The van der Waals surface area contributed by atoms with Crippen LogP contribution in [0.4, 0.5) is 20.6 Å². The van der Waals surface area contributed by atoms with Crippen LogP contribution in [-0.4, -0.2) is 43.7 Å². The van der Waals surface area contributed by atoms with Gasteiger partial charge in [-0.1, -0.05) is 24.3 Å². The Morgan fingerprint density at radius 2 is 2.00 bits per heavy atom. The number of urea groups is 1. The van der Waals surface area contributed by atoms with E-state index < -0.39 is 5.82 Å². The lowest BCUT2D eigenvalue weighted by atomic mass is 10.2. The Bertz CT molecular complexity index is 753. The van der Waals surface area contributed by atoms with Gasteiger partial charge in [-0.3, -0.25) is 0 Å². The number of fused-ring (bicyclic) bond motifs is 1. The predicted octanol–water partition coefficient (Wildman–Crippen LogP) is 3.58. The third kappa shape index (κ3) is 3.84. The van der Waals surface area contributed by atoms with E-state index in [9.17, 15) is 9.18 Å². The quantitative estimate of drug-likeness (QED) is 0.923. The number of carbonyl (C=O) groups is 1. The fraction of sp³-hybridized carbons (Fsp3) is 0.316. The van der Waals surface area contributed by atoms with Gasteiger partial charge in [0.25, 0.3) is 0 Å². The van der Waals surface area contributed by atoms with E-state index in [2.05, 4.69) is 17.1 Å². The molecule has 2 aromatic carbocycles. The lowest BCUT2D eigenvalue weighted by Gasteiger charge is -2.37. The van der Waals surface area contributed by atoms with Gasteiger partial charge in [0.2, 0.25) is 0 Å². The highest BCUT2D eigenvalue weighted by Crippen LogP contribution is 2.32. The molecule has 3 rings (SSSR count). The molecular weight excluding hydrogens is 321 g/mol. The predicted molar refractivity (Wildman–Crippen MR) is 96.8 cm³/mol. The van der Waals surface area contributed by atoms with Gasteiger partial charge in [0.15, 0.2) is 0 Å². The number of para-hydroxylation sites is 3. The number of ether oxygens (including phenoxy) is 1. The van der Waals surface area contributed by atoms with Gasteiger partial charge in [0.1, 0.15) is 17.7 Å². The maximum absolute atomic E-state index is 13.7. The van der Waals surface area contributed by atoms with E-state index in [0.29, 0.717) is 13.1 Å². The monoisotopic (exact) mass is 343 g/mol. The second-order valence-corrected chi connectivity index (χ2v) is 6.04. The molecule has 1 atom stereocenters. The minimum absolute atomic E-state index is 0.147. The van der Waals surface area contributed by atoms with Gasteiger partial charge in [-0.25, -0.2) is 9.18 Å². The van der Waals surface area contributed by atoms with Crippen molar-refractivity contribution in [3.63, 3.8) is 0 Å². The zero-order valence-corrected chi connectivity index (χ0v) is 14.4. The maximum atomic E-state index is 13.7. The first kappa shape index (κ1) is 17.1. The third-order valence-electron chi connectivity index (χ3n) is 4.24. The molecule has 5 nitrogen and oxygen atoms in total. The summed E-state index contributed by atoms with van der Waals surface area (Å²) in [6.07, 6.45) is -0.147. The molecule has 0 bridgehead atoms. The van der Waals surface area contributed by atoms with E-state index in [-0.39, 0.29) is 17.8 Å². The van der Waals surface area contributed by atoms with Gasteiger partial charge in [-0.15, -0.1) is 0 Å². The smallest absolute Gasteiger partial charge is 0.321 e. The SMILES string of the molecule is CCN1CC(CN(C)C(=O)Nc2ccccc2F)Oc2ccccc21. The summed E-state index contributed by atoms with van der Waals surface area (Å²) in [4.78, 5) is 16.1. The van der Waals surface area contributed by atoms with Crippen molar-refractivity contribution in [2.75, 3.05) is 36.9 Å². The largest absolute Gasteiger partial charge is 0.485 e. The lowest BCUT2D eigenvalue weighted by Crippen LogP contribution is -2.47. The second-order valence-electron chi connectivity index (χ2n) is 6.04. The Kier molecular flexibility index (Phi) is 5.07. The van der Waals surface area contributed by atoms with Crippen molar-refractivity contribution in [2.24, 2.45) is 0 Å². The van der Waals surface area contributed by atoms with Crippen molar-refractivity contribution < 1.29 is 13.9 Å². The molecule has 1 heterocycles. The Morgan fingerprint density at radius 3 is 2.76 bits per heavy atom. The number of hydrogen-bond donors (Lipinski definition) is 1. The molecule has 2 amide bonds. The van der Waals surface area contributed by atoms with Crippen LogP contribution in [0.2, 0.25) is 0 Å². The molecule has 0 aliphatic carbocycles. The Hall–Kier alpha value is -2.76. The van der Waals surface area contributed by atoms with Crippen LogP contribution in [0.25, 0.3) is 0 Å². The van der Waals surface area contributed by atoms with Crippen LogP contribution in [0.1, 0.15) is 6.92 Å². The van der Waals surface area contributed by atoms with E-state index in [1.165, 1.54) is 17.0 Å². The van der Waals surface area contributed by atoms with Crippen molar-refractivity contribution in [2.45, 2.75) is 13.0 Å². The van der Waals surface area contributed by atoms with E-state index in [0.717, 1.165) is 18.0 Å². The molecule has 1 aliphatic rings. The van der Waals surface area contributed by atoms with Crippen molar-refractivity contribution in [1.29, 1.82) is 0 Å². The summed E-state index contributed by atoms with van der Waals surface area (Å²) in [5, 5.41) is 2.59. The van der Waals surface area contributed by atoms with Crippen LogP contribution in [0.5, 0.6) is 5.75 Å². The molecule has 25 heavy (non-hydrogen) atoms. The van der Waals surface area contributed by atoms with Gasteiger partial charge in [-0.2, -0.15) is 0 Å². The summed E-state index contributed by atoms with van der Waals surface area (Å²) in [6, 6.07) is 13.6. The molecule has 0 saturated carbocycles. The van der Waals surface area contributed by atoms with E-state index >= 15 is 0 Å². The number of nitrogens with one attached hydrogen (secondary N) is 1. The zero-order valence-electron chi connectivity index (χ0n) is 14.4. The Labute approximate surface area is 147 Å². The summed E-state index contributed by atoms with van der Waals surface area (Å²) in [6.45, 7) is 4.06. The minimum atomic E-state index is -0.454. The molecule has 0 aromatic heterocycles. The highest BCUT2D eigenvalue weighted by molar-refractivity contribution is 5.89. The minimum Gasteiger partial charge on any atom is -0.485 e. The van der Waals surface area contributed by atoms with Gasteiger partial charge in [0, 0.05) is 13.6 Å². The molecule has 0 spiro atoms. The van der Waals surface area contributed by atoms with Crippen LogP contribution < -0.4 is 15.0 Å².